The predicted octanol–water partition coefficient (Wildman–Crippen LogP) is 3.11. The van der Waals surface area contributed by atoms with Gasteiger partial charge in [-0.2, -0.15) is 4.31 Å². The lowest BCUT2D eigenvalue weighted by atomic mass is 10.2. The lowest BCUT2D eigenvalue weighted by molar-refractivity contribution is -0.148. The molecule has 2 aromatic carbocycles. The molecule has 33 heavy (non-hydrogen) atoms. The van der Waals surface area contributed by atoms with Crippen LogP contribution in [0.2, 0.25) is 0 Å². The number of amides is 1. The maximum absolute atomic E-state index is 13.0. The molecule has 0 spiro atoms. The molecule has 0 radical (unpaired) electrons. The van der Waals surface area contributed by atoms with Crippen molar-refractivity contribution in [2.45, 2.75) is 23.6 Å². The minimum atomic E-state index is -3.62. The molecule has 7 nitrogen and oxygen atoms in total. The molecule has 0 unspecified atom stereocenters. The first-order valence-corrected chi connectivity index (χ1v) is 13.2. The Hall–Kier alpha value is -2.62. The first kappa shape index (κ1) is 25.0. The number of carbonyl (C=O) groups is 2. The van der Waals surface area contributed by atoms with Crippen LogP contribution in [0.25, 0.3) is 6.08 Å². The van der Waals surface area contributed by atoms with E-state index in [1.54, 1.807) is 36.9 Å². The zero-order chi connectivity index (χ0) is 24.0. The summed E-state index contributed by atoms with van der Waals surface area (Å²) in [7, 11) is -3.62. The molecule has 0 aliphatic carbocycles. The molecule has 3 rings (SSSR count). The molecule has 1 amide bonds. The van der Waals surface area contributed by atoms with Crippen LogP contribution in [0.5, 0.6) is 0 Å². The molecule has 0 atom stereocenters. The molecule has 1 fully saturated rings. The SMILES string of the molecule is CSc1ccc(/C=C/C(=O)OCC(=O)N2CCN(S(=O)(=O)c3ccc(C)cc3C)CC2)cc1. The maximum atomic E-state index is 13.0. The van der Waals surface area contributed by atoms with Gasteiger partial charge in [-0.15, -0.1) is 11.8 Å². The average Bonchev–Trinajstić information content (AvgIpc) is 2.81. The van der Waals surface area contributed by atoms with E-state index in [4.69, 9.17) is 4.74 Å². The molecule has 1 aliphatic heterocycles. The largest absolute Gasteiger partial charge is 0.452 e. The normalized spacial score (nSPS) is 15.1. The number of nitrogens with zero attached hydrogens (tertiary/aromatic N) is 2. The van der Waals surface area contributed by atoms with Crippen molar-refractivity contribution >= 4 is 39.7 Å². The summed E-state index contributed by atoms with van der Waals surface area (Å²) in [6.07, 6.45) is 4.91. The second kappa shape index (κ2) is 11.0. The van der Waals surface area contributed by atoms with Gasteiger partial charge in [0, 0.05) is 37.2 Å². The van der Waals surface area contributed by atoms with Crippen LogP contribution in [-0.2, 0) is 24.3 Å². The smallest absolute Gasteiger partial charge is 0.331 e. The van der Waals surface area contributed by atoms with Gasteiger partial charge < -0.3 is 9.64 Å². The Morgan fingerprint density at radius 3 is 2.30 bits per heavy atom. The molecule has 0 N–H and O–H groups in total. The minimum Gasteiger partial charge on any atom is -0.452 e. The molecular formula is C24H28N2O5S2. The fourth-order valence-corrected chi connectivity index (χ4v) is 5.59. The van der Waals surface area contributed by atoms with E-state index in [2.05, 4.69) is 0 Å². The van der Waals surface area contributed by atoms with Crippen LogP contribution < -0.4 is 0 Å². The standard InChI is InChI=1S/C24H28N2O5S2/c1-18-4-10-22(19(2)16-18)33(29,30)26-14-12-25(13-15-26)23(27)17-31-24(28)11-7-20-5-8-21(32-3)9-6-20/h4-11,16H,12-15,17H2,1-3H3/b11-7+. The number of ether oxygens (including phenoxy) is 1. The van der Waals surface area contributed by atoms with Gasteiger partial charge in [0.1, 0.15) is 0 Å². The fourth-order valence-electron chi connectivity index (χ4n) is 3.56. The van der Waals surface area contributed by atoms with E-state index < -0.39 is 16.0 Å². The van der Waals surface area contributed by atoms with Gasteiger partial charge >= 0.3 is 5.97 Å². The Morgan fingerprint density at radius 1 is 1.03 bits per heavy atom. The highest BCUT2D eigenvalue weighted by Gasteiger charge is 2.31. The molecule has 1 saturated heterocycles. The zero-order valence-corrected chi connectivity index (χ0v) is 20.6. The highest BCUT2D eigenvalue weighted by atomic mass is 32.2. The zero-order valence-electron chi connectivity index (χ0n) is 19.0. The van der Waals surface area contributed by atoms with E-state index in [1.807, 2.05) is 43.5 Å². The number of sulfonamides is 1. The monoisotopic (exact) mass is 488 g/mol. The van der Waals surface area contributed by atoms with Crippen molar-refractivity contribution in [3.63, 3.8) is 0 Å². The second-order valence-corrected chi connectivity index (χ2v) is 10.6. The first-order chi connectivity index (χ1) is 15.7. The van der Waals surface area contributed by atoms with Crippen LogP contribution in [0.4, 0.5) is 0 Å². The van der Waals surface area contributed by atoms with Crippen LogP contribution in [0.15, 0.2) is 58.3 Å². The summed E-state index contributed by atoms with van der Waals surface area (Å²) in [5.74, 6) is -0.946. The van der Waals surface area contributed by atoms with E-state index in [1.165, 1.54) is 15.3 Å². The van der Waals surface area contributed by atoms with E-state index in [0.717, 1.165) is 16.0 Å². The highest BCUT2D eigenvalue weighted by Crippen LogP contribution is 2.22. The van der Waals surface area contributed by atoms with Crippen LogP contribution in [0, 0.1) is 13.8 Å². The van der Waals surface area contributed by atoms with Crippen molar-refractivity contribution in [3.05, 3.63) is 65.2 Å². The number of carbonyl (C=O) groups excluding carboxylic acids is 2. The molecular weight excluding hydrogens is 460 g/mol. The van der Waals surface area contributed by atoms with E-state index in [9.17, 15) is 18.0 Å². The van der Waals surface area contributed by atoms with Crippen molar-refractivity contribution < 1.29 is 22.7 Å². The van der Waals surface area contributed by atoms with Gasteiger partial charge in [0.25, 0.3) is 5.91 Å². The average molecular weight is 489 g/mol. The third-order valence-corrected chi connectivity index (χ3v) is 8.21. The van der Waals surface area contributed by atoms with Crippen molar-refractivity contribution in [2.24, 2.45) is 0 Å². The van der Waals surface area contributed by atoms with Gasteiger partial charge in [-0.05, 0) is 55.5 Å². The topological polar surface area (TPSA) is 84.0 Å². The van der Waals surface area contributed by atoms with Crippen LogP contribution in [0.3, 0.4) is 0 Å². The fraction of sp³-hybridized carbons (Fsp3) is 0.333. The summed E-state index contributed by atoms with van der Waals surface area (Å²) in [5, 5.41) is 0. The third kappa shape index (κ3) is 6.46. The lowest BCUT2D eigenvalue weighted by Crippen LogP contribution is -2.51. The summed E-state index contributed by atoms with van der Waals surface area (Å²) in [5.41, 5.74) is 2.56. The molecule has 176 valence electrons. The number of hydrogen-bond donors (Lipinski definition) is 0. The molecule has 0 aromatic heterocycles. The van der Waals surface area contributed by atoms with Gasteiger partial charge in [-0.3, -0.25) is 4.79 Å². The summed E-state index contributed by atoms with van der Waals surface area (Å²) < 4.78 is 32.4. The number of rotatable bonds is 7. The Labute approximate surface area is 199 Å². The quantitative estimate of drug-likeness (QED) is 0.338. The molecule has 0 bridgehead atoms. The minimum absolute atomic E-state index is 0.196. The van der Waals surface area contributed by atoms with Crippen molar-refractivity contribution in [2.75, 3.05) is 39.0 Å². The third-order valence-electron chi connectivity index (χ3n) is 5.41. The number of piperazine rings is 1. The predicted molar refractivity (Wildman–Crippen MR) is 129 cm³/mol. The number of hydrogen-bond acceptors (Lipinski definition) is 6. The molecule has 1 heterocycles. The van der Waals surface area contributed by atoms with E-state index in [-0.39, 0.29) is 43.6 Å². The molecule has 9 heteroatoms. The second-order valence-electron chi connectivity index (χ2n) is 7.77. The number of benzene rings is 2. The van der Waals surface area contributed by atoms with Crippen molar-refractivity contribution in [3.8, 4) is 0 Å². The van der Waals surface area contributed by atoms with E-state index in [0.29, 0.717) is 5.56 Å². The van der Waals surface area contributed by atoms with Crippen LogP contribution >= 0.6 is 11.8 Å². The van der Waals surface area contributed by atoms with Crippen molar-refractivity contribution in [1.29, 1.82) is 0 Å². The van der Waals surface area contributed by atoms with E-state index >= 15 is 0 Å². The van der Waals surface area contributed by atoms with Gasteiger partial charge in [-0.1, -0.05) is 29.8 Å². The van der Waals surface area contributed by atoms with Gasteiger partial charge in [0.05, 0.1) is 4.90 Å². The number of thioether (sulfide) groups is 1. The van der Waals surface area contributed by atoms with Crippen LogP contribution in [0.1, 0.15) is 16.7 Å². The van der Waals surface area contributed by atoms with Gasteiger partial charge in [0.15, 0.2) is 6.61 Å². The highest BCUT2D eigenvalue weighted by molar-refractivity contribution is 7.98. The molecule has 0 saturated carbocycles. The van der Waals surface area contributed by atoms with Crippen molar-refractivity contribution in [1.82, 2.24) is 9.21 Å². The van der Waals surface area contributed by atoms with Gasteiger partial charge in [-0.25, -0.2) is 13.2 Å². The Balaban J connectivity index is 1.48. The maximum Gasteiger partial charge on any atom is 0.331 e. The van der Waals surface area contributed by atoms with Gasteiger partial charge in [0.2, 0.25) is 10.0 Å². The number of aryl methyl sites for hydroxylation is 2. The molecule has 2 aromatic rings. The Morgan fingerprint density at radius 2 is 1.70 bits per heavy atom. The van der Waals surface area contributed by atoms with Crippen LogP contribution in [-0.4, -0.2) is 68.5 Å². The Bertz CT molecular complexity index is 1140. The molecule has 1 aliphatic rings. The lowest BCUT2D eigenvalue weighted by Gasteiger charge is -2.34. The Kier molecular flexibility index (Phi) is 8.34. The first-order valence-electron chi connectivity index (χ1n) is 10.5. The summed E-state index contributed by atoms with van der Waals surface area (Å²) in [6, 6.07) is 13.0. The summed E-state index contributed by atoms with van der Waals surface area (Å²) >= 11 is 1.63. The summed E-state index contributed by atoms with van der Waals surface area (Å²) in [4.78, 5) is 27.3. The number of esters is 1. The summed E-state index contributed by atoms with van der Waals surface area (Å²) in [6.45, 7) is 4.21.